The van der Waals surface area contributed by atoms with E-state index in [2.05, 4.69) is 10.6 Å². The summed E-state index contributed by atoms with van der Waals surface area (Å²) in [6, 6.07) is -0.516. The summed E-state index contributed by atoms with van der Waals surface area (Å²) in [5.74, 6) is -1.11. The van der Waals surface area contributed by atoms with Crippen LogP contribution in [0.25, 0.3) is 0 Å². The highest BCUT2D eigenvalue weighted by Crippen LogP contribution is 2.02. The van der Waals surface area contributed by atoms with E-state index in [1.165, 1.54) is 0 Å². The minimum Gasteiger partial charge on any atom is -0.479 e. The van der Waals surface area contributed by atoms with Crippen molar-refractivity contribution in [1.29, 1.82) is 0 Å². The molecular formula is C11H23N3O4. The van der Waals surface area contributed by atoms with Crippen LogP contribution in [0.1, 0.15) is 13.8 Å². The van der Waals surface area contributed by atoms with Gasteiger partial charge in [0.1, 0.15) is 0 Å². The van der Waals surface area contributed by atoms with E-state index in [0.29, 0.717) is 6.54 Å². The van der Waals surface area contributed by atoms with Crippen molar-refractivity contribution in [1.82, 2.24) is 15.5 Å². The van der Waals surface area contributed by atoms with Gasteiger partial charge in [0.25, 0.3) is 0 Å². The summed E-state index contributed by atoms with van der Waals surface area (Å²) >= 11 is 0. The summed E-state index contributed by atoms with van der Waals surface area (Å²) < 4.78 is 0. The van der Waals surface area contributed by atoms with Crippen LogP contribution in [0.5, 0.6) is 0 Å². The van der Waals surface area contributed by atoms with Gasteiger partial charge in [-0.15, -0.1) is 0 Å². The van der Waals surface area contributed by atoms with Gasteiger partial charge in [0.05, 0.1) is 6.54 Å². The van der Waals surface area contributed by atoms with E-state index in [4.69, 9.17) is 10.2 Å². The second kappa shape index (κ2) is 7.88. The predicted octanol–water partition coefficient (Wildman–Crippen LogP) is -0.683. The minimum atomic E-state index is -1.58. The molecule has 0 rings (SSSR count). The Morgan fingerprint density at radius 3 is 2.22 bits per heavy atom. The Hall–Kier alpha value is -1.34. The smallest absolute Gasteiger partial charge is 0.334 e. The monoisotopic (exact) mass is 261 g/mol. The van der Waals surface area contributed by atoms with E-state index in [0.717, 1.165) is 0 Å². The number of carbonyl (C=O) groups excluding carboxylic acids is 1. The Kier molecular flexibility index (Phi) is 7.30. The summed E-state index contributed by atoms with van der Waals surface area (Å²) in [6.45, 7) is 4.35. The molecule has 0 aliphatic rings. The lowest BCUT2D eigenvalue weighted by molar-refractivity contribution is -0.146. The molecule has 0 saturated carbocycles. The number of nitrogens with one attached hydrogen (secondary N) is 2. The van der Waals surface area contributed by atoms with Gasteiger partial charge in [-0.05, 0) is 20.0 Å². The van der Waals surface area contributed by atoms with Gasteiger partial charge in [0.2, 0.25) is 0 Å². The van der Waals surface area contributed by atoms with Gasteiger partial charge in [-0.25, -0.2) is 9.59 Å². The van der Waals surface area contributed by atoms with E-state index in [-0.39, 0.29) is 18.5 Å². The highest BCUT2D eigenvalue weighted by Gasteiger charge is 2.18. The highest BCUT2D eigenvalue weighted by molar-refractivity contribution is 5.76. The summed E-state index contributed by atoms with van der Waals surface area (Å²) in [5, 5.41) is 22.5. The second-order valence-electron chi connectivity index (χ2n) is 4.82. The third kappa shape index (κ3) is 7.08. The standard InChI is InChI=1S/C11H23N3O4/c1-7(2)8(6-14(3)4)13-11(18)12-5-9(15)10(16)17/h7-9,15H,5-6H2,1-4H3,(H,16,17)(H2,12,13,18)/t8?,9-/m0/s1. The Morgan fingerprint density at radius 1 is 1.28 bits per heavy atom. The maximum Gasteiger partial charge on any atom is 0.334 e. The fraction of sp³-hybridized carbons (Fsp3) is 0.818. The first-order valence-corrected chi connectivity index (χ1v) is 5.84. The zero-order chi connectivity index (χ0) is 14.3. The van der Waals surface area contributed by atoms with Crippen molar-refractivity contribution in [2.24, 2.45) is 5.92 Å². The Labute approximate surface area is 107 Å². The molecule has 2 atom stereocenters. The molecule has 0 aliphatic carbocycles. The quantitative estimate of drug-likeness (QED) is 0.486. The molecule has 0 radical (unpaired) electrons. The number of carbonyl (C=O) groups is 2. The van der Waals surface area contributed by atoms with Crippen LogP contribution in [-0.4, -0.2) is 66.4 Å². The molecule has 0 aromatic heterocycles. The fourth-order valence-electron chi connectivity index (χ4n) is 1.31. The van der Waals surface area contributed by atoms with Gasteiger partial charge in [0.15, 0.2) is 6.10 Å². The van der Waals surface area contributed by atoms with Crippen molar-refractivity contribution in [3.05, 3.63) is 0 Å². The van der Waals surface area contributed by atoms with Gasteiger partial charge >= 0.3 is 12.0 Å². The molecule has 0 saturated heterocycles. The molecule has 7 nitrogen and oxygen atoms in total. The molecule has 1 unspecified atom stereocenters. The number of carboxylic acid groups (broad SMARTS) is 1. The molecule has 0 fully saturated rings. The Morgan fingerprint density at radius 2 is 1.83 bits per heavy atom. The molecule has 0 aromatic carbocycles. The minimum absolute atomic E-state index is 0.0398. The van der Waals surface area contributed by atoms with Gasteiger partial charge in [-0.1, -0.05) is 13.8 Å². The number of rotatable bonds is 7. The van der Waals surface area contributed by atoms with Crippen molar-refractivity contribution in [2.45, 2.75) is 26.0 Å². The summed E-state index contributed by atoms with van der Waals surface area (Å²) in [4.78, 5) is 23.8. The number of aliphatic hydroxyl groups excluding tert-OH is 1. The number of aliphatic hydroxyl groups is 1. The first-order chi connectivity index (χ1) is 8.23. The maximum atomic E-state index is 11.5. The van der Waals surface area contributed by atoms with Crippen LogP contribution in [0.4, 0.5) is 4.79 Å². The van der Waals surface area contributed by atoms with Crippen LogP contribution in [0, 0.1) is 5.92 Å². The molecule has 18 heavy (non-hydrogen) atoms. The molecule has 0 aromatic rings. The molecule has 2 amide bonds. The summed E-state index contributed by atoms with van der Waals surface area (Å²) in [5.41, 5.74) is 0. The lowest BCUT2D eigenvalue weighted by atomic mass is 10.0. The van der Waals surface area contributed by atoms with Crippen molar-refractivity contribution in [3.8, 4) is 0 Å². The fourth-order valence-corrected chi connectivity index (χ4v) is 1.31. The number of urea groups is 1. The van der Waals surface area contributed by atoms with Gasteiger partial charge < -0.3 is 25.7 Å². The van der Waals surface area contributed by atoms with Crippen molar-refractivity contribution < 1.29 is 19.8 Å². The van der Waals surface area contributed by atoms with Crippen molar-refractivity contribution >= 4 is 12.0 Å². The van der Waals surface area contributed by atoms with Crippen LogP contribution >= 0.6 is 0 Å². The van der Waals surface area contributed by atoms with Crippen LogP contribution in [-0.2, 0) is 4.79 Å². The van der Waals surface area contributed by atoms with Crippen LogP contribution in [0.3, 0.4) is 0 Å². The number of hydrogen-bond acceptors (Lipinski definition) is 4. The first-order valence-electron chi connectivity index (χ1n) is 5.84. The Balaban J connectivity index is 4.14. The normalized spacial score (nSPS) is 14.4. The SMILES string of the molecule is CC(C)C(CN(C)C)NC(=O)NC[C@H](O)C(=O)O. The molecule has 0 aliphatic heterocycles. The molecule has 106 valence electrons. The van der Waals surface area contributed by atoms with E-state index < -0.39 is 18.1 Å². The molecule has 4 N–H and O–H groups in total. The van der Waals surface area contributed by atoms with Crippen LogP contribution in [0.15, 0.2) is 0 Å². The average Bonchev–Trinajstić information content (AvgIpc) is 2.23. The predicted molar refractivity (Wildman–Crippen MR) is 67.4 cm³/mol. The first kappa shape index (κ1) is 16.7. The largest absolute Gasteiger partial charge is 0.479 e. The number of nitrogens with zero attached hydrogens (tertiary/aromatic N) is 1. The lowest BCUT2D eigenvalue weighted by Crippen LogP contribution is -2.50. The van der Waals surface area contributed by atoms with Gasteiger partial charge in [0, 0.05) is 12.6 Å². The Bertz CT molecular complexity index is 281. The van der Waals surface area contributed by atoms with Gasteiger partial charge in [-0.3, -0.25) is 0 Å². The molecule has 0 heterocycles. The molecular weight excluding hydrogens is 238 g/mol. The molecule has 7 heteroatoms. The highest BCUT2D eigenvalue weighted by atomic mass is 16.4. The topological polar surface area (TPSA) is 102 Å². The van der Waals surface area contributed by atoms with Gasteiger partial charge in [-0.2, -0.15) is 0 Å². The summed E-state index contributed by atoms with van der Waals surface area (Å²) in [6.07, 6.45) is -1.58. The number of aliphatic carboxylic acids is 1. The van der Waals surface area contributed by atoms with E-state index in [9.17, 15) is 9.59 Å². The zero-order valence-corrected chi connectivity index (χ0v) is 11.3. The number of hydrogen-bond donors (Lipinski definition) is 4. The van der Waals surface area contributed by atoms with E-state index in [1.54, 1.807) is 0 Å². The maximum absolute atomic E-state index is 11.5. The van der Waals surface area contributed by atoms with Crippen LogP contribution in [0.2, 0.25) is 0 Å². The summed E-state index contributed by atoms with van der Waals surface area (Å²) in [7, 11) is 3.81. The second-order valence-corrected chi connectivity index (χ2v) is 4.82. The molecule has 0 spiro atoms. The van der Waals surface area contributed by atoms with Crippen molar-refractivity contribution in [3.63, 3.8) is 0 Å². The van der Waals surface area contributed by atoms with Crippen molar-refractivity contribution in [2.75, 3.05) is 27.2 Å². The molecule has 0 bridgehead atoms. The number of carboxylic acids is 1. The number of amides is 2. The average molecular weight is 261 g/mol. The van der Waals surface area contributed by atoms with E-state index in [1.807, 2.05) is 32.8 Å². The lowest BCUT2D eigenvalue weighted by Gasteiger charge is -2.25. The third-order valence-electron chi connectivity index (χ3n) is 2.42. The van der Waals surface area contributed by atoms with Crippen LogP contribution < -0.4 is 10.6 Å². The number of likely N-dealkylation sites (N-methyl/N-ethyl adjacent to an activating group) is 1. The third-order valence-corrected chi connectivity index (χ3v) is 2.42. The zero-order valence-electron chi connectivity index (χ0n) is 11.3. The van der Waals surface area contributed by atoms with E-state index >= 15 is 0 Å².